The van der Waals surface area contributed by atoms with E-state index in [1.54, 1.807) is 13.0 Å². The predicted octanol–water partition coefficient (Wildman–Crippen LogP) is 2.55. The van der Waals surface area contributed by atoms with Crippen LogP contribution in [-0.2, 0) is 10.3 Å². The molecule has 1 aromatic rings. The quantitative estimate of drug-likeness (QED) is 0.827. The lowest BCUT2D eigenvalue weighted by atomic mass is 9.90. The number of halogens is 2. The Morgan fingerprint density at radius 3 is 2.67 bits per heavy atom. The highest BCUT2D eigenvalue weighted by atomic mass is 35.5. The number of hydrogen-bond acceptors (Lipinski definition) is 3. The van der Waals surface area contributed by atoms with Crippen molar-refractivity contribution in [1.29, 1.82) is 5.26 Å². The predicted molar refractivity (Wildman–Crippen MR) is 66.8 cm³/mol. The fraction of sp³-hybridized carbons (Fsp3) is 0.462. The van der Waals surface area contributed by atoms with Crippen LogP contribution >= 0.6 is 11.6 Å². The molecule has 1 atom stereocenters. The maximum atomic E-state index is 14.0. The number of morpholine rings is 1. The van der Waals surface area contributed by atoms with E-state index in [4.69, 9.17) is 16.3 Å². The molecule has 0 aliphatic carbocycles. The summed E-state index contributed by atoms with van der Waals surface area (Å²) in [6.07, 6.45) is 0. The Morgan fingerprint density at radius 2 is 2.11 bits per heavy atom. The largest absolute Gasteiger partial charge is 0.379 e. The second kappa shape index (κ2) is 5.23. The summed E-state index contributed by atoms with van der Waals surface area (Å²) in [7, 11) is 0. The lowest BCUT2D eigenvalue weighted by molar-refractivity contribution is -0.000468. The molecule has 0 saturated carbocycles. The maximum absolute atomic E-state index is 14.0. The van der Waals surface area contributed by atoms with E-state index in [0.717, 1.165) is 0 Å². The van der Waals surface area contributed by atoms with Gasteiger partial charge in [0.05, 0.1) is 19.3 Å². The Bertz CT molecular complexity index is 462. The van der Waals surface area contributed by atoms with E-state index < -0.39 is 11.4 Å². The lowest BCUT2D eigenvalue weighted by Gasteiger charge is -2.39. The van der Waals surface area contributed by atoms with Gasteiger partial charge in [0.2, 0.25) is 0 Å². The monoisotopic (exact) mass is 268 g/mol. The van der Waals surface area contributed by atoms with Crippen LogP contribution in [0.3, 0.4) is 0 Å². The van der Waals surface area contributed by atoms with Crippen LogP contribution in [0, 0.1) is 17.1 Å². The molecule has 1 heterocycles. The number of nitriles is 1. The van der Waals surface area contributed by atoms with Crippen LogP contribution in [0.25, 0.3) is 0 Å². The highest BCUT2D eigenvalue weighted by Gasteiger charge is 2.38. The van der Waals surface area contributed by atoms with Gasteiger partial charge in [-0.1, -0.05) is 17.7 Å². The first-order valence-electron chi connectivity index (χ1n) is 5.78. The van der Waals surface area contributed by atoms with Crippen molar-refractivity contribution >= 4 is 11.6 Å². The molecular formula is C13H14ClFN2O. The smallest absolute Gasteiger partial charge is 0.136 e. The molecule has 0 N–H and O–H groups in total. The van der Waals surface area contributed by atoms with Gasteiger partial charge in [-0.05, 0) is 19.1 Å². The molecule has 0 radical (unpaired) electrons. The molecule has 0 aromatic heterocycles. The molecule has 3 nitrogen and oxygen atoms in total. The molecule has 1 saturated heterocycles. The van der Waals surface area contributed by atoms with Gasteiger partial charge in [0.25, 0.3) is 0 Å². The second-order valence-corrected chi connectivity index (χ2v) is 4.79. The number of nitrogens with zero attached hydrogens (tertiary/aromatic N) is 2. The first kappa shape index (κ1) is 13.3. The third kappa shape index (κ3) is 2.22. The molecule has 0 bridgehead atoms. The fourth-order valence-electron chi connectivity index (χ4n) is 2.26. The highest BCUT2D eigenvalue weighted by molar-refractivity contribution is 6.31. The zero-order chi connectivity index (χ0) is 13.2. The van der Waals surface area contributed by atoms with Crippen LogP contribution in [0.4, 0.5) is 4.39 Å². The summed E-state index contributed by atoms with van der Waals surface area (Å²) in [4.78, 5) is 1.90. The van der Waals surface area contributed by atoms with Crippen molar-refractivity contribution in [2.45, 2.75) is 12.5 Å². The molecule has 1 fully saturated rings. The van der Waals surface area contributed by atoms with Gasteiger partial charge in [0.1, 0.15) is 11.4 Å². The summed E-state index contributed by atoms with van der Waals surface area (Å²) in [5.74, 6) is -0.446. The minimum atomic E-state index is -1.06. The zero-order valence-corrected chi connectivity index (χ0v) is 10.9. The summed E-state index contributed by atoms with van der Waals surface area (Å²) in [5.41, 5.74) is -0.817. The summed E-state index contributed by atoms with van der Waals surface area (Å²) in [6, 6.07) is 6.67. The van der Waals surface area contributed by atoms with Crippen molar-refractivity contribution in [2.75, 3.05) is 26.3 Å². The Morgan fingerprint density at radius 1 is 1.44 bits per heavy atom. The Balaban J connectivity index is 2.46. The van der Waals surface area contributed by atoms with E-state index in [0.29, 0.717) is 26.3 Å². The molecule has 0 spiro atoms. The van der Waals surface area contributed by atoms with Gasteiger partial charge in [0, 0.05) is 23.7 Å². The van der Waals surface area contributed by atoms with E-state index in [1.165, 1.54) is 12.1 Å². The number of hydrogen-bond donors (Lipinski definition) is 0. The third-order valence-corrected chi connectivity index (χ3v) is 3.63. The molecule has 5 heteroatoms. The van der Waals surface area contributed by atoms with Gasteiger partial charge in [-0.15, -0.1) is 0 Å². The zero-order valence-electron chi connectivity index (χ0n) is 10.1. The summed E-state index contributed by atoms with van der Waals surface area (Å²) in [6.45, 7) is 3.97. The number of ether oxygens (including phenoxy) is 1. The van der Waals surface area contributed by atoms with Crippen molar-refractivity contribution in [2.24, 2.45) is 0 Å². The molecule has 18 heavy (non-hydrogen) atoms. The molecular weight excluding hydrogens is 255 g/mol. The molecule has 0 amide bonds. The van der Waals surface area contributed by atoms with Gasteiger partial charge in [0.15, 0.2) is 0 Å². The van der Waals surface area contributed by atoms with Gasteiger partial charge in [-0.2, -0.15) is 5.26 Å². The normalized spacial score (nSPS) is 20.1. The van der Waals surface area contributed by atoms with Crippen molar-refractivity contribution in [3.63, 3.8) is 0 Å². The standard InChI is InChI=1S/C13H14ClFN2O/c1-13(9-16,17-5-7-18-8-6-17)12-10(14)3-2-4-11(12)15/h2-4H,5-8H2,1H3. The van der Waals surface area contributed by atoms with Gasteiger partial charge in [-0.3, -0.25) is 4.90 Å². The van der Waals surface area contributed by atoms with Crippen LogP contribution in [0.15, 0.2) is 18.2 Å². The van der Waals surface area contributed by atoms with Gasteiger partial charge >= 0.3 is 0 Å². The molecule has 96 valence electrons. The maximum Gasteiger partial charge on any atom is 0.136 e. The summed E-state index contributed by atoms with van der Waals surface area (Å²) >= 11 is 6.06. The van der Waals surface area contributed by atoms with E-state index in [1.807, 2.05) is 4.90 Å². The van der Waals surface area contributed by atoms with Crippen molar-refractivity contribution in [3.05, 3.63) is 34.6 Å². The lowest BCUT2D eigenvalue weighted by Crippen LogP contribution is -2.49. The molecule has 1 aliphatic heterocycles. The highest BCUT2D eigenvalue weighted by Crippen LogP contribution is 2.35. The molecule has 2 rings (SSSR count). The topological polar surface area (TPSA) is 36.3 Å². The third-order valence-electron chi connectivity index (χ3n) is 3.31. The van der Waals surface area contributed by atoms with Gasteiger partial charge in [-0.25, -0.2) is 4.39 Å². The van der Waals surface area contributed by atoms with E-state index in [9.17, 15) is 9.65 Å². The van der Waals surface area contributed by atoms with Crippen LogP contribution < -0.4 is 0 Å². The molecule has 1 unspecified atom stereocenters. The average molecular weight is 269 g/mol. The Kier molecular flexibility index (Phi) is 3.86. The van der Waals surface area contributed by atoms with Gasteiger partial charge < -0.3 is 4.74 Å². The van der Waals surface area contributed by atoms with Crippen LogP contribution in [0.1, 0.15) is 12.5 Å². The van der Waals surface area contributed by atoms with E-state index in [-0.39, 0.29) is 10.6 Å². The molecule has 1 aromatic carbocycles. The Hall–Kier alpha value is -1.15. The Labute approximate surface area is 111 Å². The minimum absolute atomic E-state index is 0.246. The van der Waals surface area contributed by atoms with Crippen LogP contribution in [0.2, 0.25) is 5.02 Å². The summed E-state index contributed by atoms with van der Waals surface area (Å²) in [5, 5.41) is 9.76. The minimum Gasteiger partial charge on any atom is -0.379 e. The van der Waals surface area contributed by atoms with Crippen molar-refractivity contribution < 1.29 is 9.13 Å². The SMILES string of the molecule is CC(C#N)(c1c(F)cccc1Cl)N1CCOCC1. The first-order valence-corrected chi connectivity index (χ1v) is 6.16. The van der Waals surface area contributed by atoms with Crippen LogP contribution in [0.5, 0.6) is 0 Å². The second-order valence-electron chi connectivity index (χ2n) is 4.38. The summed E-state index contributed by atoms with van der Waals surface area (Å²) < 4.78 is 19.3. The molecule has 1 aliphatic rings. The average Bonchev–Trinajstić information content (AvgIpc) is 2.39. The number of benzene rings is 1. The first-order chi connectivity index (χ1) is 8.59. The van der Waals surface area contributed by atoms with E-state index in [2.05, 4.69) is 6.07 Å². The van der Waals surface area contributed by atoms with Crippen molar-refractivity contribution in [1.82, 2.24) is 4.90 Å². The fourth-order valence-corrected chi connectivity index (χ4v) is 2.61. The van der Waals surface area contributed by atoms with Crippen molar-refractivity contribution in [3.8, 4) is 6.07 Å². The van der Waals surface area contributed by atoms with E-state index >= 15 is 0 Å². The van der Waals surface area contributed by atoms with Crippen LogP contribution in [-0.4, -0.2) is 31.2 Å². The number of rotatable bonds is 2.